The molecule has 1 unspecified atom stereocenters. The minimum absolute atomic E-state index is 0.349. The molecule has 0 amide bonds. The summed E-state index contributed by atoms with van der Waals surface area (Å²) in [6.45, 7) is 4.21. The molecule has 0 aromatic heterocycles. The topological polar surface area (TPSA) is 23.9 Å². The highest BCUT2D eigenvalue weighted by Gasteiger charge is 2.08. The number of hydrogen-bond donors (Lipinski definition) is 1. The van der Waals surface area contributed by atoms with Gasteiger partial charge in [0.1, 0.15) is 0 Å². The Bertz CT molecular complexity index is 282. The van der Waals surface area contributed by atoms with Crippen molar-refractivity contribution >= 4 is 16.8 Å². The van der Waals surface area contributed by atoms with Crippen LogP contribution < -0.4 is 0 Å². The van der Waals surface area contributed by atoms with Gasteiger partial charge in [-0.05, 0) is 17.7 Å². The van der Waals surface area contributed by atoms with E-state index in [4.69, 9.17) is 5.41 Å². The van der Waals surface area contributed by atoms with Gasteiger partial charge in [0.25, 0.3) is 0 Å². The van der Waals surface area contributed by atoms with E-state index in [9.17, 15) is 0 Å². The van der Waals surface area contributed by atoms with Crippen LogP contribution in [0.5, 0.6) is 0 Å². The zero-order valence-corrected chi connectivity index (χ0v) is 9.60. The second-order valence-corrected chi connectivity index (χ2v) is 4.69. The molecule has 1 N–H and O–H groups in total. The number of hydrogen-bond acceptors (Lipinski definition) is 2. The maximum Gasteiger partial charge on any atom is 0.0672 e. The fraction of sp³-hybridized carbons (Fsp3) is 0.417. The lowest BCUT2D eigenvalue weighted by Gasteiger charge is -2.11. The summed E-state index contributed by atoms with van der Waals surface area (Å²) in [4.78, 5) is 0. The van der Waals surface area contributed by atoms with Crippen LogP contribution >= 0.6 is 11.8 Å². The average molecular weight is 207 g/mol. The number of nitrogens with one attached hydrogen (secondary N) is 1. The van der Waals surface area contributed by atoms with Gasteiger partial charge in [-0.25, -0.2) is 0 Å². The first kappa shape index (κ1) is 11.3. The lowest BCUT2D eigenvalue weighted by molar-refractivity contribution is 0.774. The van der Waals surface area contributed by atoms with Crippen LogP contribution in [0.15, 0.2) is 30.3 Å². The fourth-order valence-corrected chi connectivity index (χ4v) is 2.04. The molecule has 0 radical (unpaired) electrons. The van der Waals surface area contributed by atoms with E-state index < -0.39 is 0 Å². The molecule has 0 aliphatic rings. The summed E-state index contributed by atoms with van der Waals surface area (Å²) in [5.74, 6) is 1.35. The van der Waals surface area contributed by atoms with Gasteiger partial charge in [-0.15, -0.1) is 11.8 Å². The summed E-state index contributed by atoms with van der Waals surface area (Å²) >= 11 is 1.64. The Morgan fingerprint density at radius 1 is 1.36 bits per heavy atom. The summed E-state index contributed by atoms with van der Waals surface area (Å²) < 4.78 is 0. The van der Waals surface area contributed by atoms with Crippen molar-refractivity contribution in [1.82, 2.24) is 0 Å². The summed E-state index contributed by atoms with van der Waals surface area (Å²) in [5, 5.41) is 8.61. The highest BCUT2D eigenvalue weighted by Crippen LogP contribution is 2.15. The molecule has 1 aromatic rings. The van der Waals surface area contributed by atoms with Crippen molar-refractivity contribution < 1.29 is 0 Å². The summed E-state index contributed by atoms with van der Waals surface area (Å²) in [7, 11) is 0. The van der Waals surface area contributed by atoms with Crippen LogP contribution in [0, 0.1) is 11.3 Å². The monoisotopic (exact) mass is 207 g/mol. The molecule has 0 aliphatic heterocycles. The van der Waals surface area contributed by atoms with Gasteiger partial charge in [-0.3, -0.25) is 5.41 Å². The van der Waals surface area contributed by atoms with Crippen molar-refractivity contribution in [1.29, 1.82) is 5.41 Å². The number of benzene rings is 1. The molecule has 14 heavy (non-hydrogen) atoms. The normalized spacial score (nSPS) is 12.4. The van der Waals surface area contributed by atoms with Crippen molar-refractivity contribution in [3.05, 3.63) is 35.9 Å². The maximum absolute atomic E-state index is 7.81. The standard InChI is InChI=1S/C12H17NS/c1-3-14-12(13)10(2)9-11-7-5-4-6-8-11/h4-8,10,13H,3,9H2,1-2H3. The Morgan fingerprint density at radius 3 is 2.57 bits per heavy atom. The SMILES string of the molecule is CCSC(=N)C(C)Cc1ccccc1. The molecular formula is C12H17NS. The van der Waals surface area contributed by atoms with Crippen LogP contribution in [0.3, 0.4) is 0 Å². The molecule has 0 heterocycles. The number of rotatable bonds is 4. The van der Waals surface area contributed by atoms with E-state index in [2.05, 4.69) is 38.1 Å². The highest BCUT2D eigenvalue weighted by molar-refractivity contribution is 8.13. The third-order valence-electron chi connectivity index (χ3n) is 2.13. The molecule has 1 atom stereocenters. The third kappa shape index (κ3) is 3.54. The second kappa shape index (κ2) is 5.86. The molecule has 76 valence electrons. The molecule has 0 saturated heterocycles. The Morgan fingerprint density at radius 2 is 2.00 bits per heavy atom. The molecule has 0 fully saturated rings. The molecule has 2 heteroatoms. The first-order chi connectivity index (χ1) is 6.74. The summed E-state index contributed by atoms with van der Waals surface area (Å²) in [6, 6.07) is 10.4. The molecule has 1 nitrogen and oxygen atoms in total. The second-order valence-electron chi connectivity index (χ2n) is 3.39. The lowest BCUT2D eigenvalue weighted by atomic mass is 10.0. The molecular weight excluding hydrogens is 190 g/mol. The Hall–Kier alpha value is -0.760. The summed E-state index contributed by atoms with van der Waals surface area (Å²) in [5.41, 5.74) is 1.32. The van der Waals surface area contributed by atoms with E-state index in [0.29, 0.717) is 5.92 Å². The molecule has 0 saturated carbocycles. The molecule has 1 aromatic carbocycles. The van der Waals surface area contributed by atoms with Crippen LogP contribution in [-0.4, -0.2) is 10.8 Å². The van der Waals surface area contributed by atoms with Crippen LogP contribution in [0.2, 0.25) is 0 Å². The first-order valence-electron chi connectivity index (χ1n) is 4.99. The van der Waals surface area contributed by atoms with Gasteiger partial charge in [0, 0.05) is 5.92 Å². The van der Waals surface area contributed by atoms with Gasteiger partial charge in [-0.2, -0.15) is 0 Å². The predicted molar refractivity (Wildman–Crippen MR) is 65.2 cm³/mol. The minimum Gasteiger partial charge on any atom is -0.298 e. The van der Waals surface area contributed by atoms with Gasteiger partial charge < -0.3 is 0 Å². The maximum atomic E-state index is 7.81. The van der Waals surface area contributed by atoms with Crippen molar-refractivity contribution in [3.63, 3.8) is 0 Å². The van der Waals surface area contributed by atoms with E-state index in [1.807, 2.05) is 6.07 Å². The van der Waals surface area contributed by atoms with Gasteiger partial charge in [0.05, 0.1) is 5.04 Å². The van der Waals surface area contributed by atoms with Crippen LogP contribution in [0.4, 0.5) is 0 Å². The van der Waals surface area contributed by atoms with Crippen LogP contribution in [0.25, 0.3) is 0 Å². The highest BCUT2D eigenvalue weighted by atomic mass is 32.2. The van der Waals surface area contributed by atoms with Gasteiger partial charge in [-0.1, -0.05) is 44.2 Å². The fourth-order valence-electron chi connectivity index (χ4n) is 1.36. The van der Waals surface area contributed by atoms with Crippen LogP contribution in [0.1, 0.15) is 19.4 Å². The zero-order chi connectivity index (χ0) is 10.4. The van der Waals surface area contributed by atoms with Gasteiger partial charge in [0.15, 0.2) is 0 Å². The van der Waals surface area contributed by atoms with E-state index in [0.717, 1.165) is 17.2 Å². The Kier molecular flexibility index (Phi) is 4.74. The zero-order valence-electron chi connectivity index (χ0n) is 8.79. The average Bonchev–Trinajstić information content (AvgIpc) is 2.19. The molecule has 0 bridgehead atoms. The van der Waals surface area contributed by atoms with Gasteiger partial charge in [0.2, 0.25) is 0 Å². The molecule has 0 spiro atoms. The van der Waals surface area contributed by atoms with Crippen molar-refractivity contribution in [2.45, 2.75) is 20.3 Å². The quantitative estimate of drug-likeness (QED) is 0.592. The third-order valence-corrected chi connectivity index (χ3v) is 3.13. The first-order valence-corrected chi connectivity index (χ1v) is 5.97. The van der Waals surface area contributed by atoms with Crippen molar-refractivity contribution in [2.24, 2.45) is 5.92 Å². The Labute approximate surface area is 90.4 Å². The van der Waals surface area contributed by atoms with E-state index in [1.54, 1.807) is 11.8 Å². The lowest BCUT2D eigenvalue weighted by Crippen LogP contribution is -2.09. The predicted octanol–water partition coefficient (Wildman–Crippen LogP) is 3.60. The largest absolute Gasteiger partial charge is 0.298 e. The van der Waals surface area contributed by atoms with Crippen LogP contribution in [-0.2, 0) is 6.42 Å². The van der Waals surface area contributed by atoms with Gasteiger partial charge >= 0.3 is 0 Å². The van der Waals surface area contributed by atoms with Crippen molar-refractivity contribution in [2.75, 3.05) is 5.75 Å². The molecule has 0 aliphatic carbocycles. The van der Waals surface area contributed by atoms with E-state index in [1.165, 1.54) is 5.56 Å². The Balaban J connectivity index is 2.49. The van der Waals surface area contributed by atoms with Crippen molar-refractivity contribution in [3.8, 4) is 0 Å². The summed E-state index contributed by atoms with van der Waals surface area (Å²) in [6.07, 6.45) is 0.979. The number of thioether (sulfide) groups is 1. The smallest absolute Gasteiger partial charge is 0.0672 e. The van der Waals surface area contributed by atoms with E-state index >= 15 is 0 Å². The molecule has 1 rings (SSSR count). The van der Waals surface area contributed by atoms with E-state index in [-0.39, 0.29) is 0 Å². The minimum atomic E-state index is 0.349.